The van der Waals surface area contributed by atoms with Crippen molar-refractivity contribution in [3.8, 4) is 22.6 Å². The highest BCUT2D eigenvalue weighted by Crippen LogP contribution is 2.34. The number of hydrogen-bond acceptors (Lipinski definition) is 6. The SMILES string of the molecule is CCOC(=O)c1c(-c2ccccc2OC)c(=O)oc2cc(O)ccc12. The van der Waals surface area contributed by atoms with Crippen LogP contribution in [0.2, 0.25) is 0 Å². The van der Waals surface area contributed by atoms with E-state index < -0.39 is 11.6 Å². The van der Waals surface area contributed by atoms with Crippen molar-refractivity contribution >= 4 is 16.9 Å². The minimum absolute atomic E-state index is 0.0640. The number of fused-ring (bicyclic) bond motifs is 1. The van der Waals surface area contributed by atoms with E-state index in [9.17, 15) is 14.7 Å². The van der Waals surface area contributed by atoms with Gasteiger partial charge in [-0.15, -0.1) is 0 Å². The predicted molar refractivity (Wildman–Crippen MR) is 92.1 cm³/mol. The molecule has 2 aromatic carbocycles. The zero-order valence-electron chi connectivity index (χ0n) is 13.7. The van der Waals surface area contributed by atoms with E-state index in [0.717, 1.165) is 0 Å². The number of phenols is 1. The van der Waals surface area contributed by atoms with Gasteiger partial charge in [0.15, 0.2) is 0 Å². The van der Waals surface area contributed by atoms with Gasteiger partial charge in [-0.1, -0.05) is 18.2 Å². The molecule has 0 spiro atoms. The number of carbonyl (C=O) groups excluding carboxylic acids is 1. The van der Waals surface area contributed by atoms with Crippen molar-refractivity contribution in [1.82, 2.24) is 0 Å². The van der Waals surface area contributed by atoms with Crippen LogP contribution < -0.4 is 10.4 Å². The van der Waals surface area contributed by atoms with E-state index >= 15 is 0 Å². The average Bonchev–Trinajstić information content (AvgIpc) is 2.60. The van der Waals surface area contributed by atoms with Crippen molar-refractivity contribution in [2.45, 2.75) is 6.92 Å². The number of esters is 1. The lowest BCUT2D eigenvalue weighted by Gasteiger charge is -2.13. The molecule has 6 nitrogen and oxygen atoms in total. The Hall–Kier alpha value is -3.28. The quantitative estimate of drug-likeness (QED) is 0.579. The maximum atomic E-state index is 12.6. The van der Waals surface area contributed by atoms with Crippen molar-refractivity contribution in [2.75, 3.05) is 13.7 Å². The first-order valence-electron chi connectivity index (χ1n) is 7.67. The number of carbonyl (C=O) groups is 1. The van der Waals surface area contributed by atoms with Gasteiger partial charge in [0.05, 0.1) is 24.8 Å². The summed E-state index contributed by atoms with van der Waals surface area (Å²) in [5.41, 5.74) is -0.0409. The number of aromatic hydroxyl groups is 1. The van der Waals surface area contributed by atoms with E-state index in [1.807, 2.05) is 0 Å². The average molecular weight is 340 g/mol. The van der Waals surface area contributed by atoms with Gasteiger partial charge in [-0.2, -0.15) is 0 Å². The van der Waals surface area contributed by atoms with Crippen LogP contribution in [0.5, 0.6) is 11.5 Å². The fourth-order valence-corrected chi connectivity index (χ4v) is 2.70. The molecule has 25 heavy (non-hydrogen) atoms. The molecule has 0 aliphatic rings. The van der Waals surface area contributed by atoms with Crippen molar-refractivity contribution in [3.05, 3.63) is 58.4 Å². The summed E-state index contributed by atoms with van der Waals surface area (Å²) in [4.78, 5) is 25.2. The number of methoxy groups -OCH3 is 1. The van der Waals surface area contributed by atoms with E-state index in [-0.39, 0.29) is 29.1 Å². The Morgan fingerprint density at radius 3 is 2.68 bits per heavy atom. The second-order valence-corrected chi connectivity index (χ2v) is 5.24. The summed E-state index contributed by atoms with van der Waals surface area (Å²) in [6, 6.07) is 11.0. The van der Waals surface area contributed by atoms with Crippen LogP contribution in [-0.2, 0) is 4.74 Å². The van der Waals surface area contributed by atoms with Crippen molar-refractivity contribution in [2.24, 2.45) is 0 Å². The Kier molecular flexibility index (Phi) is 4.43. The maximum absolute atomic E-state index is 12.6. The van der Waals surface area contributed by atoms with Gasteiger partial charge in [0.1, 0.15) is 17.1 Å². The second-order valence-electron chi connectivity index (χ2n) is 5.24. The lowest BCUT2D eigenvalue weighted by molar-refractivity contribution is 0.0529. The van der Waals surface area contributed by atoms with Gasteiger partial charge in [0, 0.05) is 17.0 Å². The molecule has 0 atom stereocenters. The number of hydrogen-bond donors (Lipinski definition) is 1. The number of phenolic OH excluding ortho intramolecular Hbond substituents is 1. The van der Waals surface area contributed by atoms with E-state index in [4.69, 9.17) is 13.9 Å². The topological polar surface area (TPSA) is 86.0 Å². The Bertz CT molecular complexity index is 1000. The summed E-state index contributed by atoms with van der Waals surface area (Å²) >= 11 is 0. The molecule has 3 aromatic rings. The molecule has 1 heterocycles. The van der Waals surface area contributed by atoms with Crippen LogP contribution in [0.15, 0.2) is 51.7 Å². The molecule has 0 saturated carbocycles. The first kappa shape index (κ1) is 16.6. The van der Waals surface area contributed by atoms with Gasteiger partial charge >= 0.3 is 11.6 Å². The summed E-state index contributed by atoms with van der Waals surface area (Å²) in [5.74, 6) is -0.291. The standard InChI is InChI=1S/C19H16O6/c1-3-24-18(21)16-13-9-8-11(20)10-15(13)25-19(22)17(16)12-6-4-5-7-14(12)23-2/h4-10,20H,3H2,1-2H3. The van der Waals surface area contributed by atoms with Gasteiger partial charge in [-0.25, -0.2) is 9.59 Å². The Balaban J connectivity index is 2.43. The molecule has 3 rings (SSSR count). The molecule has 0 fully saturated rings. The van der Waals surface area contributed by atoms with Crippen LogP contribution in [0.3, 0.4) is 0 Å². The molecule has 0 amide bonds. The smallest absolute Gasteiger partial charge is 0.345 e. The zero-order valence-corrected chi connectivity index (χ0v) is 13.7. The molecular formula is C19H16O6. The first-order chi connectivity index (χ1) is 12.1. The van der Waals surface area contributed by atoms with Gasteiger partial charge in [0.2, 0.25) is 0 Å². The number of rotatable bonds is 4. The van der Waals surface area contributed by atoms with Crippen LogP contribution >= 0.6 is 0 Å². The van der Waals surface area contributed by atoms with Crippen molar-refractivity contribution < 1.29 is 23.8 Å². The second kappa shape index (κ2) is 6.68. The van der Waals surface area contributed by atoms with Gasteiger partial charge < -0.3 is 19.0 Å². The highest BCUT2D eigenvalue weighted by Gasteiger charge is 2.25. The maximum Gasteiger partial charge on any atom is 0.345 e. The Morgan fingerprint density at radius 2 is 1.96 bits per heavy atom. The van der Waals surface area contributed by atoms with Gasteiger partial charge in [-0.05, 0) is 25.1 Å². The fraction of sp³-hybridized carbons (Fsp3) is 0.158. The van der Waals surface area contributed by atoms with Crippen molar-refractivity contribution in [1.29, 1.82) is 0 Å². The molecule has 1 N–H and O–H groups in total. The summed E-state index contributed by atoms with van der Waals surface area (Å²) in [6.45, 7) is 1.84. The van der Waals surface area contributed by atoms with Gasteiger partial charge in [0.25, 0.3) is 0 Å². The van der Waals surface area contributed by atoms with Crippen LogP contribution in [0, 0.1) is 0 Å². The number of benzene rings is 2. The van der Waals surface area contributed by atoms with Crippen LogP contribution in [0.4, 0.5) is 0 Å². The lowest BCUT2D eigenvalue weighted by Crippen LogP contribution is -2.15. The summed E-state index contributed by atoms with van der Waals surface area (Å²) in [5, 5.41) is 10.00. The largest absolute Gasteiger partial charge is 0.508 e. The van der Waals surface area contributed by atoms with E-state index in [1.165, 1.54) is 25.3 Å². The highest BCUT2D eigenvalue weighted by molar-refractivity contribution is 6.09. The third-order valence-corrected chi connectivity index (χ3v) is 3.75. The fourth-order valence-electron chi connectivity index (χ4n) is 2.70. The molecular weight excluding hydrogens is 324 g/mol. The minimum atomic E-state index is -0.717. The molecule has 6 heteroatoms. The van der Waals surface area contributed by atoms with E-state index in [1.54, 1.807) is 31.2 Å². The Labute approximate surface area is 143 Å². The molecule has 1 aromatic heterocycles. The molecule has 0 radical (unpaired) electrons. The van der Waals surface area contributed by atoms with E-state index in [2.05, 4.69) is 0 Å². The number of ether oxygens (including phenoxy) is 2. The number of para-hydroxylation sites is 1. The lowest BCUT2D eigenvalue weighted by atomic mass is 9.97. The molecule has 0 saturated heterocycles. The highest BCUT2D eigenvalue weighted by atomic mass is 16.5. The summed E-state index contributed by atoms with van der Waals surface area (Å²) in [6.07, 6.45) is 0. The molecule has 0 unspecified atom stereocenters. The molecule has 0 bridgehead atoms. The monoisotopic (exact) mass is 340 g/mol. The third-order valence-electron chi connectivity index (χ3n) is 3.75. The molecule has 0 aliphatic carbocycles. The zero-order chi connectivity index (χ0) is 18.0. The molecule has 0 aliphatic heterocycles. The summed E-state index contributed by atoms with van der Waals surface area (Å²) < 4.78 is 15.8. The predicted octanol–water partition coefficient (Wildman–Crippen LogP) is 3.35. The van der Waals surface area contributed by atoms with Crippen molar-refractivity contribution in [3.63, 3.8) is 0 Å². The minimum Gasteiger partial charge on any atom is -0.508 e. The normalized spacial score (nSPS) is 10.6. The Morgan fingerprint density at radius 1 is 1.20 bits per heavy atom. The van der Waals surface area contributed by atoms with Crippen LogP contribution in [0.1, 0.15) is 17.3 Å². The third kappa shape index (κ3) is 2.94. The molecule has 128 valence electrons. The van der Waals surface area contributed by atoms with Crippen LogP contribution in [-0.4, -0.2) is 24.8 Å². The van der Waals surface area contributed by atoms with Crippen LogP contribution in [0.25, 0.3) is 22.1 Å². The van der Waals surface area contributed by atoms with Gasteiger partial charge in [-0.3, -0.25) is 0 Å². The summed E-state index contributed by atoms with van der Waals surface area (Å²) in [7, 11) is 1.48. The van der Waals surface area contributed by atoms with E-state index in [0.29, 0.717) is 16.7 Å². The first-order valence-corrected chi connectivity index (χ1v) is 7.67.